The fourth-order valence-electron chi connectivity index (χ4n) is 9.87. The molecule has 4 aliphatic heterocycles. The van der Waals surface area contributed by atoms with E-state index in [2.05, 4.69) is 22.3 Å². The number of fused-ring (bicyclic) bond motifs is 6. The second-order valence-electron chi connectivity index (χ2n) is 17.0. The lowest BCUT2D eigenvalue weighted by Crippen LogP contribution is -2.57. The lowest BCUT2D eigenvalue weighted by Gasteiger charge is -2.42. The average Bonchev–Trinajstić information content (AvgIpc) is 3.73. The highest BCUT2D eigenvalue weighted by Gasteiger charge is 2.67. The first-order valence-electron chi connectivity index (χ1n) is 19.2. The Labute approximate surface area is 320 Å². The maximum atomic E-state index is 17.4. The van der Waals surface area contributed by atoms with Crippen LogP contribution in [0.25, 0.3) is 32.9 Å². The molecule has 1 spiro atoms. The zero-order valence-electron chi connectivity index (χ0n) is 32.0. The molecule has 0 radical (unpaired) electrons. The maximum absolute atomic E-state index is 17.4. The topological polar surface area (TPSA) is 102 Å². The molecule has 3 unspecified atom stereocenters. The molecule has 2 aromatic heterocycles. The van der Waals surface area contributed by atoms with Crippen LogP contribution in [0.5, 0.6) is 11.8 Å². The Morgan fingerprint density at radius 1 is 1.11 bits per heavy atom. The second kappa shape index (κ2) is 13.1. The molecule has 1 aliphatic carbocycles. The number of hydrogen-bond acceptors (Lipinski definition) is 10. The standard InChI is InChI=1S/C43H47FN6O5/c1-7-27-9-8-10-28-17-31(54-25-52-6)18-32(34(27)28)36-35(44)37-33(20-45-36)38(48-22-29-11-12-30(23-48)50(29)40(51)55-41(3,4)5)47-39(46-37)53-24-43-19-26(2)21-49(43)16-15-42(43)13-14-42/h1,8-10,17-18,20,29-30H,2,11-16,19,21-25H2,3-6H3. The molecule has 2 aromatic carbocycles. The summed E-state index contributed by atoms with van der Waals surface area (Å²) in [5.41, 5.74) is 1.90. The second-order valence-corrected chi connectivity index (χ2v) is 17.0. The minimum absolute atomic E-state index is 0.0153. The van der Waals surface area contributed by atoms with E-state index in [0.29, 0.717) is 53.2 Å². The number of hydrogen-bond donors (Lipinski definition) is 0. The van der Waals surface area contributed by atoms with E-state index in [-0.39, 0.29) is 53.1 Å². The van der Waals surface area contributed by atoms with Crippen molar-refractivity contribution in [3.8, 4) is 35.4 Å². The van der Waals surface area contributed by atoms with Crippen molar-refractivity contribution in [2.75, 3.05) is 51.6 Å². The normalized spacial score (nSPS) is 24.1. The van der Waals surface area contributed by atoms with Crippen LogP contribution < -0.4 is 14.4 Å². The molecular formula is C43H47FN6O5. The van der Waals surface area contributed by atoms with Crippen molar-refractivity contribution in [3.05, 3.63) is 60.1 Å². The van der Waals surface area contributed by atoms with Gasteiger partial charge in [0.2, 0.25) is 0 Å². The number of nitrogens with zero attached hydrogens (tertiary/aromatic N) is 6. The van der Waals surface area contributed by atoms with E-state index >= 15 is 4.39 Å². The molecule has 9 rings (SSSR count). The molecule has 5 aliphatic rings. The molecule has 2 bridgehead atoms. The number of ether oxygens (including phenoxy) is 4. The Morgan fingerprint density at radius 2 is 1.89 bits per heavy atom. The van der Waals surface area contributed by atoms with Crippen LogP contribution in [0.2, 0.25) is 0 Å². The van der Waals surface area contributed by atoms with Crippen LogP contribution in [0.1, 0.15) is 64.9 Å². The number of rotatable bonds is 8. The smallest absolute Gasteiger partial charge is 0.410 e. The molecule has 55 heavy (non-hydrogen) atoms. The highest BCUT2D eigenvalue weighted by Crippen LogP contribution is 2.66. The molecule has 12 heteroatoms. The Hall–Kier alpha value is -4.99. The highest BCUT2D eigenvalue weighted by atomic mass is 19.1. The van der Waals surface area contributed by atoms with Gasteiger partial charge in [0.25, 0.3) is 0 Å². The number of piperazine rings is 1. The number of aromatic nitrogens is 3. The summed E-state index contributed by atoms with van der Waals surface area (Å²) >= 11 is 0. The van der Waals surface area contributed by atoms with Gasteiger partial charge in [-0.05, 0) is 94.8 Å². The van der Waals surface area contributed by atoms with E-state index in [4.69, 9.17) is 40.3 Å². The summed E-state index contributed by atoms with van der Waals surface area (Å²) in [5, 5.41) is 1.91. The molecule has 6 heterocycles. The summed E-state index contributed by atoms with van der Waals surface area (Å²) in [6.07, 6.45) is 13.3. The average molecular weight is 747 g/mol. The van der Waals surface area contributed by atoms with Crippen molar-refractivity contribution < 1.29 is 28.1 Å². The van der Waals surface area contributed by atoms with Crippen molar-refractivity contribution in [3.63, 3.8) is 0 Å². The fourth-order valence-corrected chi connectivity index (χ4v) is 9.87. The number of carbonyl (C=O) groups excluding carboxylic acids is 1. The maximum Gasteiger partial charge on any atom is 0.410 e. The van der Waals surface area contributed by atoms with Crippen LogP contribution in [-0.4, -0.2) is 101 Å². The van der Waals surface area contributed by atoms with Gasteiger partial charge in [0.05, 0.1) is 23.0 Å². The van der Waals surface area contributed by atoms with E-state index in [9.17, 15) is 4.79 Å². The summed E-state index contributed by atoms with van der Waals surface area (Å²) in [6, 6.07) is 9.12. The highest BCUT2D eigenvalue weighted by molar-refractivity contribution is 6.03. The Bertz CT molecular complexity index is 2270. The van der Waals surface area contributed by atoms with E-state index in [1.54, 1.807) is 19.4 Å². The predicted octanol–water partition coefficient (Wildman–Crippen LogP) is 7.10. The third-order valence-corrected chi connectivity index (χ3v) is 12.4. The van der Waals surface area contributed by atoms with E-state index in [0.717, 1.165) is 44.2 Å². The van der Waals surface area contributed by atoms with Gasteiger partial charge in [-0.2, -0.15) is 9.97 Å². The predicted molar refractivity (Wildman–Crippen MR) is 208 cm³/mol. The zero-order chi connectivity index (χ0) is 38.3. The van der Waals surface area contributed by atoms with Crippen molar-refractivity contribution in [2.45, 2.75) is 82.5 Å². The molecule has 4 aromatic rings. The molecule has 286 valence electrons. The lowest BCUT2D eigenvalue weighted by atomic mass is 9.80. The van der Waals surface area contributed by atoms with Gasteiger partial charge in [0.15, 0.2) is 12.6 Å². The third kappa shape index (κ3) is 5.94. The summed E-state index contributed by atoms with van der Waals surface area (Å²) < 4.78 is 40.9. The molecule has 4 saturated heterocycles. The van der Waals surface area contributed by atoms with E-state index in [1.165, 1.54) is 18.4 Å². The van der Waals surface area contributed by atoms with Gasteiger partial charge in [0, 0.05) is 49.5 Å². The molecule has 1 amide bonds. The molecular weight excluding hydrogens is 700 g/mol. The largest absolute Gasteiger partial charge is 0.468 e. The number of benzene rings is 2. The third-order valence-electron chi connectivity index (χ3n) is 12.4. The van der Waals surface area contributed by atoms with Crippen LogP contribution in [0, 0.1) is 23.6 Å². The van der Waals surface area contributed by atoms with Gasteiger partial charge in [-0.1, -0.05) is 30.2 Å². The number of carbonyl (C=O) groups is 1. The lowest BCUT2D eigenvalue weighted by molar-refractivity contribution is 0.0122. The number of pyridine rings is 1. The number of terminal acetylenes is 1. The zero-order valence-corrected chi connectivity index (χ0v) is 32.0. The van der Waals surface area contributed by atoms with Crippen molar-refractivity contribution in [2.24, 2.45) is 5.41 Å². The summed E-state index contributed by atoms with van der Waals surface area (Å²) in [4.78, 5) is 34.5. The molecule has 5 fully saturated rings. The van der Waals surface area contributed by atoms with Gasteiger partial charge in [-0.25, -0.2) is 9.18 Å². The first-order valence-corrected chi connectivity index (χ1v) is 19.2. The molecule has 3 atom stereocenters. The van der Waals surface area contributed by atoms with E-state index in [1.807, 2.05) is 49.9 Å². The Kier molecular flexibility index (Phi) is 8.48. The van der Waals surface area contributed by atoms with Crippen molar-refractivity contribution in [1.82, 2.24) is 24.8 Å². The van der Waals surface area contributed by atoms with Gasteiger partial charge in [-0.3, -0.25) is 14.8 Å². The van der Waals surface area contributed by atoms with Crippen molar-refractivity contribution >= 4 is 33.6 Å². The minimum atomic E-state index is -0.619. The summed E-state index contributed by atoms with van der Waals surface area (Å²) in [5.74, 6) is 3.16. The Morgan fingerprint density at radius 3 is 2.60 bits per heavy atom. The van der Waals surface area contributed by atoms with Gasteiger partial charge < -0.3 is 23.8 Å². The van der Waals surface area contributed by atoms with Crippen LogP contribution in [0.3, 0.4) is 0 Å². The van der Waals surface area contributed by atoms with Gasteiger partial charge in [0.1, 0.15) is 35.0 Å². The number of halogens is 1. The summed E-state index contributed by atoms with van der Waals surface area (Å²) in [7, 11) is 1.54. The van der Waals surface area contributed by atoms with Crippen LogP contribution in [0.4, 0.5) is 15.0 Å². The SMILES string of the molecule is C#Cc1cccc2cc(OCOC)cc(-c3ncc4c(N5CC6CCC(C5)N6C(=O)OC(C)(C)C)nc(OCC56CC(=C)CN5CCC65CC5)nc4c3F)c12. The molecule has 11 nitrogen and oxygen atoms in total. The first kappa shape index (κ1) is 35.7. The fraction of sp³-hybridized carbons (Fsp3) is 0.488. The first-order chi connectivity index (χ1) is 26.4. The van der Waals surface area contributed by atoms with E-state index < -0.39 is 11.4 Å². The number of anilines is 1. The monoisotopic (exact) mass is 746 g/mol. The van der Waals surface area contributed by atoms with Gasteiger partial charge in [-0.15, -0.1) is 6.42 Å². The number of amides is 1. The minimum Gasteiger partial charge on any atom is -0.468 e. The van der Waals surface area contributed by atoms with Crippen LogP contribution >= 0.6 is 0 Å². The molecule has 0 N–H and O–H groups in total. The quantitative estimate of drug-likeness (QED) is 0.105. The van der Waals surface area contributed by atoms with Crippen molar-refractivity contribution in [1.29, 1.82) is 0 Å². The Balaban J connectivity index is 1.15. The van der Waals surface area contributed by atoms with Gasteiger partial charge >= 0.3 is 12.1 Å². The van der Waals surface area contributed by atoms with Crippen LogP contribution in [0.15, 0.2) is 48.7 Å². The summed E-state index contributed by atoms with van der Waals surface area (Å²) in [6.45, 7) is 13.3. The number of methoxy groups -OCH3 is 1. The molecule has 1 saturated carbocycles. The van der Waals surface area contributed by atoms with Crippen LogP contribution in [-0.2, 0) is 9.47 Å².